The molecule has 1 saturated heterocycles. The van der Waals surface area contributed by atoms with E-state index in [0.29, 0.717) is 29.4 Å². The normalized spacial score (nSPS) is 20.2. The lowest BCUT2D eigenvalue weighted by molar-refractivity contribution is -0.00443. The zero-order valence-corrected chi connectivity index (χ0v) is 16.1. The predicted octanol–water partition coefficient (Wildman–Crippen LogP) is 4.32. The monoisotopic (exact) mass is 368 g/mol. The first kappa shape index (κ1) is 18.9. The second kappa shape index (κ2) is 7.39. The highest BCUT2D eigenvalue weighted by atomic mass is 16.6. The van der Waals surface area contributed by atoms with Crippen LogP contribution in [0.3, 0.4) is 0 Å². The average Bonchev–Trinajstić information content (AvgIpc) is 3.09. The lowest BCUT2D eigenvalue weighted by Crippen LogP contribution is -2.44. The fourth-order valence-corrected chi connectivity index (χ4v) is 3.29. The number of rotatable bonds is 2. The van der Waals surface area contributed by atoms with Crippen molar-refractivity contribution in [1.82, 2.24) is 15.0 Å². The Hall–Kier alpha value is -2.88. The first-order valence-corrected chi connectivity index (χ1v) is 9.12. The third-order valence-electron chi connectivity index (χ3n) is 4.51. The minimum Gasteiger partial charge on any atom is -0.444 e. The predicted molar refractivity (Wildman–Crippen MR) is 98.5 cm³/mol. The Bertz CT molecular complexity index is 863. The topological polar surface area (TPSA) is 92.2 Å². The van der Waals surface area contributed by atoms with Gasteiger partial charge in [0.25, 0.3) is 0 Å². The van der Waals surface area contributed by atoms with E-state index in [1.54, 1.807) is 23.1 Å². The number of ether oxygens (including phenoxy) is 1. The third kappa shape index (κ3) is 4.27. The number of amides is 1. The molecule has 1 aromatic carbocycles. The second-order valence-electron chi connectivity index (χ2n) is 7.89. The van der Waals surface area contributed by atoms with Crippen molar-refractivity contribution < 1.29 is 14.1 Å². The Morgan fingerprint density at radius 1 is 1.41 bits per heavy atom. The molecule has 0 aliphatic carbocycles. The van der Waals surface area contributed by atoms with Crippen LogP contribution in [0.4, 0.5) is 4.79 Å². The molecule has 7 heteroatoms. The summed E-state index contributed by atoms with van der Waals surface area (Å²) in [4.78, 5) is 18.9. The molecule has 2 unspecified atom stereocenters. The summed E-state index contributed by atoms with van der Waals surface area (Å²) in [6, 6.07) is 8.81. The van der Waals surface area contributed by atoms with Gasteiger partial charge in [0.2, 0.25) is 11.7 Å². The van der Waals surface area contributed by atoms with E-state index >= 15 is 0 Å². The molecular weight excluding hydrogens is 344 g/mol. The molecule has 3 rings (SSSR count). The van der Waals surface area contributed by atoms with E-state index in [1.165, 1.54) is 0 Å². The maximum atomic E-state index is 12.7. The van der Waals surface area contributed by atoms with Crippen LogP contribution in [-0.2, 0) is 4.74 Å². The van der Waals surface area contributed by atoms with Gasteiger partial charge in [-0.3, -0.25) is 4.90 Å². The zero-order valence-electron chi connectivity index (χ0n) is 16.1. The first-order valence-electron chi connectivity index (χ1n) is 9.12. The van der Waals surface area contributed by atoms with Gasteiger partial charge in [-0.25, -0.2) is 4.79 Å². The molecule has 0 spiro atoms. The number of benzene rings is 1. The van der Waals surface area contributed by atoms with E-state index in [0.717, 1.165) is 12.8 Å². The lowest BCUT2D eigenvalue weighted by atomic mass is 9.91. The molecule has 1 aliphatic rings. The summed E-state index contributed by atoms with van der Waals surface area (Å²) in [5.41, 5.74) is 0.664. The number of hydrogen-bond donors (Lipinski definition) is 0. The average molecular weight is 368 g/mol. The van der Waals surface area contributed by atoms with E-state index in [-0.39, 0.29) is 18.1 Å². The van der Waals surface area contributed by atoms with Crippen molar-refractivity contribution in [3.05, 3.63) is 35.7 Å². The summed E-state index contributed by atoms with van der Waals surface area (Å²) in [7, 11) is 0. The van der Waals surface area contributed by atoms with Gasteiger partial charge in [0, 0.05) is 12.1 Å². The Balaban J connectivity index is 1.89. The number of aromatic nitrogens is 2. The molecule has 142 valence electrons. The molecule has 1 aromatic heterocycles. The van der Waals surface area contributed by atoms with Gasteiger partial charge in [0.1, 0.15) is 11.6 Å². The highest BCUT2D eigenvalue weighted by Crippen LogP contribution is 2.36. The molecule has 2 aromatic rings. The smallest absolute Gasteiger partial charge is 0.410 e. The van der Waals surface area contributed by atoms with Gasteiger partial charge < -0.3 is 9.26 Å². The molecule has 0 N–H and O–H groups in total. The first-order chi connectivity index (χ1) is 12.8. The highest BCUT2D eigenvalue weighted by Gasteiger charge is 2.39. The molecular formula is C20H24N4O3. The van der Waals surface area contributed by atoms with Crippen molar-refractivity contribution in [3.63, 3.8) is 0 Å². The molecule has 7 nitrogen and oxygen atoms in total. The van der Waals surface area contributed by atoms with E-state index in [2.05, 4.69) is 23.1 Å². The van der Waals surface area contributed by atoms with Crippen molar-refractivity contribution in [3.8, 4) is 17.5 Å². The van der Waals surface area contributed by atoms with Crippen LogP contribution in [0.5, 0.6) is 0 Å². The van der Waals surface area contributed by atoms with Crippen molar-refractivity contribution in [1.29, 1.82) is 5.26 Å². The van der Waals surface area contributed by atoms with Crippen LogP contribution >= 0.6 is 0 Å². The quantitative estimate of drug-likeness (QED) is 0.784. The van der Waals surface area contributed by atoms with Gasteiger partial charge in [0.15, 0.2) is 0 Å². The molecule has 1 amide bonds. The fourth-order valence-electron chi connectivity index (χ4n) is 3.29. The van der Waals surface area contributed by atoms with Crippen LogP contribution in [0.1, 0.15) is 58.0 Å². The molecule has 0 radical (unpaired) electrons. The number of carbonyl (C=O) groups is 1. The van der Waals surface area contributed by atoms with Crippen molar-refractivity contribution in [2.45, 2.75) is 52.2 Å². The van der Waals surface area contributed by atoms with Gasteiger partial charge >= 0.3 is 6.09 Å². The molecule has 0 saturated carbocycles. The molecule has 2 atom stereocenters. The van der Waals surface area contributed by atoms with Gasteiger partial charge in [-0.1, -0.05) is 24.2 Å². The maximum Gasteiger partial charge on any atom is 0.410 e. The Morgan fingerprint density at radius 2 is 2.19 bits per heavy atom. The lowest BCUT2D eigenvalue weighted by Gasteiger charge is -2.38. The van der Waals surface area contributed by atoms with Crippen LogP contribution < -0.4 is 0 Å². The summed E-state index contributed by atoms with van der Waals surface area (Å²) in [5, 5.41) is 13.1. The summed E-state index contributed by atoms with van der Waals surface area (Å²) in [6.07, 6.45) is 1.50. The molecule has 1 aliphatic heterocycles. The van der Waals surface area contributed by atoms with Crippen molar-refractivity contribution >= 4 is 6.09 Å². The minimum atomic E-state index is -0.569. The van der Waals surface area contributed by atoms with E-state index in [1.807, 2.05) is 26.8 Å². The van der Waals surface area contributed by atoms with Gasteiger partial charge in [-0.05, 0) is 51.7 Å². The highest BCUT2D eigenvalue weighted by molar-refractivity contribution is 5.69. The van der Waals surface area contributed by atoms with E-state index in [4.69, 9.17) is 14.5 Å². The fraction of sp³-hybridized carbons (Fsp3) is 0.500. The largest absolute Gasteiger partial charge is 0.444 e. The number of likely N-dealkylation sites (tertiary alicyclic amines) is 1. The maximum absolute atomic E-state index is 12.7. The van der Waals surface area contributed by atoms with E-state index < -0.39 is 5.60 Å². The van der Waals surface area contributed by atoms with Crippen LogP contribution in [0.15, 0.2) is 28.8 Å². The number of nitrogens with zero attached hydrogens (tertiary/aromatic N) is 4. The number of hydrogen-bond acceptors (Lipinski definition) is 6. The standard InChI is InChI=1S/C20H24N4O3/c1-13-7-6-10-24(19(25)26-20(2,3)4)16(13)18-22-17(23-27-18)15-9-5-8-14(11-15)12-21/h5,8-9,11,13,16H,6-7,10H2,1-4H3. The van der Waals surface area contributed by atoms with Gasteiger partial charge in [-0.15, -0.1) is 0 Å². The van der Waals surface area contributed by atoms with Gasteiger partial charge in [-0.2, -0.15) is 10.2 Å². The van der Waals surface area contributed by atoms with Crippen molar-refractivity contribution in [2.75, 3.05) is 6.54 Å². The molecule has 0 bridgehead atoms. The minimum absolute atomic E-state index is 0.171. The Labute approximate surface area is 158 Å². The van der Waals surface area contributed by atoms with Crippen LogP contribution in [0.25, 0.3) is 11.4 Å². The summed E-state index contributed by atoms with van der Waals surface area (Å²) in [6.45, 7) is 8.20. The van der Waals surface area contributed by atoms with Crippen LogP contribution in [0, 0.1) is 17.2 Å². The number of nitriles is 1. The van der Waals surface area contributed by atoms with E-state index in [9.17, 15) is 4.79 Å². The van der Waals surface area contributed by atoms with Crippen LogP contribution in [-0.4, -0.2) is 33.3 Å². The van der Waals surface area contributed by atoms with Crippen LogP contribution in [0.2, 0.25) is 0 Å². The third-order valence-corrected chi connectivity index (χ3v) is 4.51. The Morgan fingerprint density at radius 3 is 2.89 bits per heavy atom. The SMILES string of the molecule is CC1CCCN(C(=O)OC(C)(C)C)C1c1nc(-c2cccc(C#N)c2)no1. The molecule has 1 fully saturated rings. The second-order valence-corrected chi connectivity index (χ2v) is 7.89. The summed E-state index contributed by atoms with van der Waals surface area (Å²) >= 11 is 0. The zero-order chi connectivity index (χ0) is 19.6. The summed E-state index contributed by atoms with van der Waals surface area (Å²) in [5.74, 6) is 0.972. The molecule has 2 heterocycles. The Kier molecular flexibility index (Phi) is 5.17. The van der Waals surface area contributed by atoms with Gasteiger partial charge in [0.05, 0.1) is 11.6 Å². The molecule has 27 heavy (non-hydrogen) atoms. The summed E-state index contributed by atoms with van der Waals surface area (Å²) < 4.78 is 11.1. The number of piperidine rings is 1. The number of carbonyl (C=O) groups excluding carboxylic acids is 1. The van der Waals surface area contributed by atoms with Crippen molar-refractivity contribution in [2.24, 2.45) is 5.92 Å².